The van der Waals surface area contributed by atoms with Crippen LogP contribution in [0.15, 0.2) is 42.5 Å². The van der Waals surface area contributed by atoms with Gasteiger partial charge < -0.3 is 5.73 Å². The zero-order chi connectivity index (χ0) is 14.0. The van der Waals surface area contributed by atoms with E-state index in [-0.39, 0.29) is 5.82 Å². The lowest BCUT2D eigenvalue weighted by molar-refractivity contribution is 0.512. The summed E-state index contributed by atoms with van der Waals surface area (Å²) in [6.07, 6.45) is 0.619. The molecule has 1 atom stereocenters. The predicted octanol–water partition coefficient (Wildman–Crippen LogP) is 4.74. The fourth-order valence-electron chi connectivity index (χ4n) is 2.11. The molecule has 2 rings (SSSR count). The summed E-state index contributed by atoms with van der Waals surface area (Å²) in [5.41, 5.74) is 7.21. The third-order valence-corrected chi connectivity index (χ3v) is 4.07. The van der Waals surface area contributed by atoms with Gasteiger partial charge in [0, 0.05) is 0 Å². The van der Waals surface area contributed by atoms with E-state index in [0.717, 1.165) is 5.56 Å². The molecule has 2 N–H and O–H groups in total. The standard InChI is InChI=1S/C15H14Cl2FN/c1-2-15(19,10-4-3-5-12(18)8-10)11-6-7-13(16)14(17)9-11/h3-9H,2,19H2,1H3. The van der Waals surface area contributed by atoms with Gasteiger partial charge in [-0.15, -0.1) is 0 Å². The zero-order valence-corrected chi connectivity index (χ0v) is 12.0. The molecule has 0 heterocycles. The Bertz CT molecular complexity index is 600. The first-order valence-corrected chi connectivity index (χ1v) is 6.73. The van der Waals surface area contributed by atoms with Crippen LogP contribution in [0.4, 0.5) is 4.39 Å². The first-order valence-electron chi connectivity index (χ1n) is 5.98. The lowest BCUT2D eigenvalue weighted by atomic mass is 9.81. The number of halogens is 3. The lowest BCUT2D eigenvalue weighted by Gasteiger charge is -2.30. The molecule has 0 saturated carbocycles. The van der Waals surface area contributed by atoms with Gasteiger partial charge in [-0.1, -0.05) is 48.3 Å². The summed E-state index contributed by atoms with van der Waals surface area (Å²) < 4.78 is 13.4. The van der Waals surface area contributed by atoms with Crippen LogP contribution in [-0.2, 0) is 5.54 Å². The van der Waals surface area contributed by atoms with E-state index in [1.165, 1.54) is 12.1 Å². The van der Waals surface area contributed by atoms with Gasteiger partial charge in [0.15, 0.2) is 0 Å². The van der Waals surface area contributed by atoms with Crippen LogP contribution in [0.25, 0.3) is 0 Å². The number of hydrogen-bond donors (Lipinski definition) is 1. The molecule has 2 aromatic carbocycles. The number of hydrogen-bond acceptors (Lipinski definition) is 1. The monoisotopic (exact) mass is 297 g/mol. The van der Waals surface area contributed by atoms with Crippen LogP contribution in [0.5, 0.6) is 0 Å². The highest BCUT2D eigenvalue weighted by Crippen LogP contribution is 2.34. The fourth-order valence-corrected chi connectivity index (χ4v) is 2.41. The molecular formula is C15H14Cl2FN. The third-order valence-electron chi connectivity index (χ3n) is 3.33. The van der Waals surface area contributed by atoms with Crippen LogP contribution in [0.2, 0.25) is 10.0 Å². The fraction of sp³-hybridized carbons (Fsp3) is 0.200. The van der Waals surface area contributed by atoms with Crippen molar-refractivity contribution in [3.8, 4) is 0 Å². The average molecular weight is 298 g/mol. The molecule has 0 fully saturated rings. The van der Waals surface area contributed by atoms with E-state index >= 15 is 0 Å². The molecule has 1 unspecified atom stereocenters. The number of rotatable bonds is 3. The minimum atomic E-state index is -0.781. The Morgan fingerprint density at radius 2 is 1.74 bits per heavy atom. The summed E-state index contributed by atoms with van der Waals surface area (Å²) in [5.74, 6) is -0.305. The van der Waals surface area contributed by atoms with Crippen LogP contribution >= 0.6 is 23.2 Å². The Labute approximate surface area is 122 Å². The number of nitrogens with two attached hydrogens (primary N) is 1. The molecule has 0 aromatic heterocycles. The van der Waals surface area contributed by atoms with E-state index < -0.39 is 5.54 Å². The second kappa shape index (κ2) is 5.49. The van der Waals surface area contributed by atoms with E-state index in [1.807, 2.05) is 19.1 Å². The molecule has 0 saturated heterocycles. The summed E-state index contributed by atoms with van der Waals surface area (Å²) >= 11 is 11.9. The van der Waals surface area contributed by atoms with Crippen molar-refractivity contribution in [2.24, 2.45) is 5.73 Å². The average Bonchev–Trinajstić information content (AvgIpc) is 2.41. The van der Waals surface area contributed by atoms with E-state index in [0.29, 0.717) is 22.0 Å². The Balaban J connectivity index is 2.56. The molecule has 0 aliphatic carbocycles. The van der Waals surface area contributed by atoms with Crippen molar-refractivity contribution in [2.75, 3.05) is 0 Å². The maximum atomic E-state index is 13.4. The molecule has 19 heavy (non-hydrogen) atoms. The van der Waals surface area contributed by atoms with Crippen LogP contribution in [0.3, 0.4) is 0 Å². The van der Waals surface area contributed by atoms with Crippen molar-refractivity contribution < 1.29 is 4.39 Å². The van der Waals surface area contributed by atoms with Gasteiger partial charge in [-0.25, -0.2) is 4.39 Å². The molecule has 2 aromatic rings. The summed E-state index contributed by atoms with van der Waals surface area (Å²) in [4.78, 5) is 0. The Kier molecular flexibility index (Phi) is 4.14. The van der Waals surface area contributed by atoms with Gasteiger partial charge in [0.05, 0.1) is 15.6 Å². The highest BCUT2D eigenvalue weighted by Gasteiger charge is 2.28. The van der Waals surface area contributed by atoms with Gasteiger partial charge in [0.1, 0.15) is 5.82 Å². The first kappa shape index (κ1) is 14.3. The molecule has 0 aliphatic heterocycles. The lowest BCUT2D eigenvalue weighted by Crippen LogP contribution is -2.37. The predicted molar refractivity (Wildman–Crippen MR) is 78.1 cm³/mol. The van der Waals surface area contributed by atoms with Crippen molar-refractivity contribution in [3.05, 3.63) is 69.5 Å². The van der Waals surface area contributed by atoms with Gasteiger partial charge in [-0.2, -0.15) is 0 Å². The maximum absolute atomic E-state index is 13.4. The van der Waals surface area contributed by atoms with Gasteiger partial charge in [0.25, 0.3) is 0 Å². The molecule has 4 heteroatoms. The summed E-state index contributed by atoms with van der Waals surface area (Å²) in [6.45, 7) is 1.95. The van der Waals surface area contributed by atoms with Crippen LogP contribution in [0, 0.1) is 5.82 Å². The highest BCUT2D eigenvalue weighted by molar-refractivity contribution is 6.42. The van der Waals surface area contributed by atoms with Crippen molar-refractivity contribution in [1.82, 2.24) is 0 Å². The van der Waals surface area contributed by atoms with Gasteiger partial charge >= 0.3 is 0 Å². The minimum absolute atomic E-state index is 0.305. The van der Waals surface area contributed by atoms with E-state index in [4.69, 9.17) is 28.9 Å². The Morgan fingerprint density at radius 1 is 1.05 bits per heavy atom. The van der Waals surface area contributed by atoms with Crippen LogP contribution in [-0.4, -0.2) is 0 Å². The Hall–Kier alpha value is -1.09. The molecule has 1 nitrogen and oxygen atoms in total. The van der Waals surface area contributed by atoms with Crippen LogP contribution in [0.1, 0.15) is 24.5 Å². The molecule has 0 spiro atoms. The molecule has 100 valence electrons. The third kappa shape index (κ3) is 2.76. The molecular weight excluding hydrogens is 284 g/mol. The van der Waals surface area contributed by atoms with E-state index in [2.05, 4.69) is 0 Å². The maximum Gasteiger partial charge on any atom is 0.123 e. The van der Waals surface area contributed by atoms with Gasteiger partial charge in [-0.3, -0.25) is 0 Å². The van der Waals surface area contributed by atoms with Crippen molar-refractivity contribution in [2.45, 2.75) is 18.9 Å². The molecule has 0 bridgehead atoms. The SMILES string of the molecule is CCC(N)(c1cccc(F)c1)c1ccc(Cl)c(Cl)c1. The quantitative estimate of drug-likeness (QED) is 0.869. The van der Waals surface area contributed by atoms with Gasteiger partial charge in [-0.05, 0) is 41.8 Å². The number of benzene rings is 2. The smallest absolute Gasteiger partial charge is 0.123 e. The van der Waals surface area contributed by atoms with E-state index in [9.17, 15) is 4.39 Å². The van der Waals surface area contributed by atoms with Crippen molar-refractivity contribution in [1.29, 1.82) is 0 Å². The van der Waals surface area contributed by atoms with Gasteiger partial charge in [0.2, 0.25) is 0 Å². The molecule has 0 aliphatic rings. The summed E-state index contributed by atoms with van der Waals surface area (Å²) in [6, 6.07) is 11.6. The Morgan fingerprint density at radius 3 is 2.32 bits per heavy atom. The van der Waals surface area contributed by atoms with E-state index in [1.54, 1.807) is 18.2 Å². The normalized spacial score (nSPS) is 14.2. The van der Waals surface area contributed by atoms with Crippen LogP contribution < -0.4 is 5.73 Å². The largest absolute Gasteiger partial charge is 0.318 e. The highest BCUT2D eigenvalue weighted by atomic mass is 35.5. The summed E-state index contributed by atoms with van der Waals surface area (Å²) in [7, 11) is 0. The van der Waals surface area contributed by atoms with Crippen molar-refractivity contribution >= 4 is 23.2 Å². The second-order valence-electron chi connectivity index (χ2n) is 4.46. The molecule has 0 radical (unpaired) electrons. The molecule has 0 amide bonds. The summed E-state index contributed by atoms with van der Waals surface area (Å²) in [5, 5.41) is 0.918. The topological polar surface area (TPSA) is 26.0 Å². The minimum Gasteiger partial charge on any atom is -0.318 e. The first-order chi connectivity index (χ1) is 8.97. The second-order valence-corrected chi connectivity index (χ2v) is 5.28. The zero-order valence-electron chi connectivity index (χ0n) is 10.5. The van der Waals surface area contributed by atoms with Crippen molar-refractivity contribution in [3.63, 3.8) is 0 Å².